The maximum atomic E-state index is 11.7. The van der Waals surface area contributed by atoms with Crippen LogP contribution in [0.2, 0.25) is 0 Å². The highest BCUT2D eigenvalue weighted by atomic mass is 16.5. The number of carbonyl (C=O) groups excluding carboxylic acids is 1. The Morgan fingerprint density at radius 1 is 1.32 bits per heavy atom. The van der Waals surface area contributed by atoms with Crippen molar-refractivity contribution in [1.29, 1.82) is 0 Å². The van der Waals surface area contributed by atoms with Crippen LogP contribution in [0.1, 0.15) is 52.4 Å². The monoisotopic (exact) mass is 271 g/mol. The average molecular weight is 271 g/mol. The van der Waals surface area contributed by atoms with Gasteiger partial charge in [-0.2, -0.15) is 0 Å². The van der Waals surface area contributed by atoms with E-state index in [0.29, 0.717) is 6.42 Å². The normalized spacial score (nSPS) is 19.7. The zero-order valence-corrected chi connectivity index (χ0v) is 11.9. The standard InChI is InChI=1S/C14H25NO4/c1-3-10(2)13(14(17)18)15-12(16)9-19-11-7-5-4-6-8-11/h10-11,13H,3-9H2,1-2H3,(H,15,16)(H,17,18). The summed E-state index contributed by atoms with van der Waals surface area (Å²) in [7, 11) is 0. The molecule has 0 radical (unpaired) electrons. The molecule has 5 nitrogen and oxygen atoms in total. The number of carboxylic acid groups (broad SMARTS) is 1. The molecule has 0 saturated heterocycles. The summed E-state index contributed by atoms with van der Waals surface area (Å²) >= 11 is 0. The fraction of sp³-hybridized carbons (Fsp3) is 0.857. The lowest BCUT2D eigenvalue weighted by Crippen LogP contribution is -2.46. The topological polar surface area (TPSA) is 75.6 Å². The summed E-state index contributed by atoms with van der Waals surface area (Å²) in [5.41, 5.74) is 0. The van der Waals surface area contributed by atoms with Gasteiger partial charge >= 0.3 is 5.97 Å². The summed E-state index contributed by atoms with van der Waals surface area (Å²) in [6.45, 7) is 3.69. The highest BCUT2D eigenvalue weighted by Crippen LogP contribution is 2.20. The van der Waals surface area contributed by atoms with Crippen molar-refractivity contribution in [2.75, 3.05) is 6.61 Å². The zero-order chi connectivity index (χ0) is 14.3. The van der Waals surface area contributed by atoms with Crippen molar-refractivity contribution in [2.24, 2.45) is 5.92 Å². The molecule has 110 valence electrons. The van der Waals surface area contributed by atoms with Crippen molar-refractivity contribution < 1.29 is 19.4 Å². The average Bonchev–Trinajstić information content (AvgIpc) is 2.42. The molecule has 0 spiro atoms. The Labute approximate surface area is 114 Å². The van der Waals surface area contributed by atoms with Gasteiger partial charge < -0.3 is 15.2 Å². The number of carboxylic acids is 1. The Morgan fingerprint density at radius 2 is 1.95 bits per heavy atom. The van der Waals surface area contributed by atoms with Gasteiger partial charge in [-0.15, -0.1) is 0 Å². The molecular weight excluding hydrogens is 246 g/mol. The third-order valence-corrected chi connectivity index (χ3v) is 3.80. The van der Waals surface area contributed by atoms with Crippen molar-refractivity contribution in [3.63, 3.8) is 0 Å². The second-order valence-corrected chi connectivity index (χ2v) is 5.34. The molecule has 2 unspecified atom stereocenters. The van der Waals surface area contributed by atoms with E-state index in [9.17, 15) is 9.59 Å². The lowest BCUT2D eigenvalue weighted by atomic mass is 9.98. The highest BCUT2D eigenvalue weighted by molar-refractivity contribution is 5.84. The third-order valence-electron chi connectivity index (χ3n) is 3.80. The molecule has 19 heavy (non-hydrogen) atoms. The van der Waals surface area contributed by atoms with Gasteiger partial charge in [0.1, 0.15) is 12.6 Å². The number of hydrogen-bond acceptors (Lipinski definition) is 3. The zero-order valence-electron chi connectivity index (χ0n) is 11.9. The summed E-state index contributed by atoms with van der Waals surface area (Å²) < 4.78 is 5.53. The van der Waals surface area contributed by atoms with E-state index in [1.807, 2.05) is 13.8 Å². The van der Waals surface area contributed by atoms with Crippen LogP contribution in [0.5, 0.6) is 0 Å². The molecule has 0 aromatic heterocycles. The second-order valence-electron chi connectivity index (χ2n) is 5.34. The minimum Gasteiger partial charge on any atom is -0.480 e. The SMILES string of the molecule is CCC(C)C(NC(=O)COC1CCCCC1)C(=O)O. The van der Waals surface area contributed by atoms with Gasteiger partial charge in [-0.25, -0.2) is 4.79 Å². The second kappa shape index (κ2) is 8.15. The van der Waals surface area contributed by atoms with E-state index in [0.717, 1.165) is 25.7 Å². The lowest BCUT2D eigenvalue weighted by molar-refractivity contribution is -0.144. The van der Waals surface area contributed by atoms with Crippen molar-refractivity contribution in [2.45, 2.75) is 64.5 Å². The number of hydrogen-bond donors (Lipinski definition) is 2. The molecular formula is C14H25NO4. The predicted octanol–water partition coefficient (Wildman–Crippen LogP) is 1.95. The number of rotatable bonds is 7. The van der Waals surface area contributed by atoms with Gasteiger partial charge in [0, 0.05) is 0 Å². The van der Waals surface area contributed by atoms with Crippen LogP contribution in [0.4, 0.5) is 0 Å². The van der Waals surface area contributed by atoms with Gasteiger partial charge in [-0.3, -0.25) is 4.79 Å². The van der Waals surface area contributed by atoms with E-state index >= 15 is 0 Å². The summed E-state index contributed by atoms with van der Waals surface area (Å²) in [5.74, 6) is -1.41. The number of ether oxygens (including phenoxy) is 1. The molecule has 2 atom stereocenters. The molecule has 1 fully saturated rings. The summed E-state index contributed by atoms with van der Waals surface area (Å²) in [5, 5.41) is 11.6. The molecule has 1 aliphatic rings. The highest BCUT2D eigenvalue weighted by Gasteiger charge is 2.25. The first-order valence-electron chi connectivity index (χ1n) is 7.18. The van der Waals surface area contributed by atoms with Crippen molar-refractivity contribution in [1.82, 2.24) is 5.32 Å². The van der Waals surface area contributed by atoms with Crippen molar-refractivity contribution in [3.8, 4) is 0 Å². The van der Waals surface area contributed by atoms with Crippen LogP contribution < -0.4 is 5.32 Å². The largest absolute Gasteiger partial charge is 0.480 e. The number of amides is 1. The predicted molar refractivity (Wildman–Crippen MR) is 71.8 cm³/mol. The molecule has 2 N–H and O–H groups in total. The summed E-state index contributed by atoms with van der Waals surface area (Å²) in [6.07, 6.45) is 6.41. The van der Waals surface area contributed by atoms with Gasteiger partial charge in [0.25, 0.3) is 0 Å². The maximum Gasteiger partial charge on any atom is 0.326 e. The molecule has 1 rings (SSSR count). The minimum absolute atomic E-state index is 0.0368. The van der Waals surface area contributed by atoms with E-state index in [1.165, 1.54) is 6.42 Å². The van der Waals surface area contributed by atoms with Crippen LogP contribution in [0.3, 0.4) is 0 Å². The number of carbonyl (C=O) groups is 2. The first kappa shape index (κ1) is 16.0. The molecule has 0 bridgehead atoms. The van der Waals surface area contributed by atoms with Crippen LogP contribution in [-0.2, 0) is 14.3 Å². The quantitative estimate of drug-likeness (QED) is 0.742. The first-order chi connectivity index (χ1) is 9.04. The first-order valence-corrected chi connectivity index (χ1v) is 7.18. The number of nitrogens with one attached hydrogen (secondary N) is 1. The van der Waals surface area contributed by atoms with Gasteiger partial charge in [0.05, 0.1) is 6.10 Å². The Balaban J connectivity index is 2.33. The maximum absolute atomic E-state index is 11.7. The van der Waals surface area contributed by atoms with E-state index in [1.54, 1.807) is 0 Å². The molecule has 1 aliphatic carbocycles. The van der Waals surface area contributed by atoms with Crippen molar-refractivity contribution in [3.05, 3.63) is 0 Å². The summed E-state index contributed by atoms with van der Waals surface area (Å²) in [4.78, 5) is 22.8. The molecule has 5 heteroatoms. The summed E-state index contributed by atoms with van der Waals surface area (Å²) in [6, 6.07) is -0.826. The fourth-order valence-corrected chi connectivity index (χ4v) is 2.32. The molecule has 1 amide bonds. The molecule has 0 heterocycles. The van der Waals surface area contributed by atoms with E-state index < -0.39 is 12.0 Å². The molecule has 0 aromatic carbocycles. The molecule has 0 aromatic rings. The third kappa shape index (κ3) is 5.59. The lowest BCUT2D eigenvalue weighted by Gasteiger charge is -2.23. The van der Waals surface area contributed by atoms with Crippen molar-refractivity contribution >= 4 is 11.9 Å². The van der Waals surface area contributed by atoms with E-state index in [-0.39, 0.29) is 24.5 Å². The molecule has 0 aliphatic heterocycles. The molecule has 1 saturated carbocycles. The fourth-order valence-electron chi connectivity index (χ4n) is 2.32. The van der Waals surface area contributed by atoms with Gasteiger partial charge in [-0.1, -0.05) is 39.5 Å². The van der Waals surface area contributed by atoms with Gasteiger partial charge in [0.2, 0.25) is 5.91 Å². The smallest absolute Gasteiger partial charge is 0.326 e. The van der Waals surface area contributed by atoms with Gasteiger partial charge in [0.15, 0.2) is 0 Å². The van der Waals surface area contributed by atoms with E-state index in [2.05, 4.69) is 5.32 Å². The van der Waals surface area contributed by atoms with Crippen LogP contribution in [0, 0.1) is 5.92 Å². The number of aliphatic carboxylic acids is 1. The van der Waals surface area contributed by atoms with Crippen LogP contribution in [0.25, 0.3) is 0 Å². The minimum atomic E-state index is -0.986. The Kier molecular flexibility index (Phi) is 6.84. The van der Waals surface area contributed by atoms with Crippen LogP contribution >= 0.6 is 0 Å². The van der Waals surface area contributed by atoms with E-state index in [4.69, 9.17) is 9.84 Å². The van der Waals surface area contributed by atoms with Crippen LogP contribution in [0.15, 0.2) is 0 Å². The van der Waals surface area contributed by atoms with Gasteiger partial charge in [-0.05, 0) is 18.8 Å². The Bertz CT molecular complexity index is 300. The Hall–Kier alpha value is -1.10. The Morgan fingerprint density at radius 3 is 2.47 bits per heavy atom. The van der Waals surface area contributed by atoms with Crippen LogP contribution in [-0.4, -0.2) is 35.7 Å².